The fraction of sp³-hybridized carbons (Fsp3) is 0.167. The number of benzene rings is 2. The first-order chi connectivity index (χ1) is 11.5. The Kier molecular flexibility index (Phi) is 4.29. The van der Waals surface area contributed by atoms with Gasteiger partial charge in [0.25, 0.3) is 5.91 Å². The van der Waals surface area contributed by atoms with Crippen molar-refractivity contribution in [3.63, 3.8) is 0 Å². The van der Waals surface area contributed by atoms with Gasteiger partial charge in [0, 0.05) is 11.3 Å². The Balaban J connectivity index is 1.74. The smallest absolute Gasteiger partial charge is 0.324 e. The summed E-state index contributed by atoms with van der Waals surface area (Å²) in [6.45, 7) is 2.12. The van der Waals surface area contributed by atoms with Gasteiger partial charge >= 0.3 is 6.03 Å². The van der Waals surface area contributed by atoms with E-state index >= 15 is 0 Å². The van der Waals surface area contributed by atoms with Crippen LogP contribution >= 0.6 is 0 Å². The summed E-state index contributed by atoms with van der Waals surface area (Å²) in [6, 6.07) is 14.0. The monoisotopic (exact) mass is 323 g/mol. The van der Waals surface area contributed by atoms with Gasteiger partial charge in [-0.25, -0.2) is 4.79 Å². The number of imide groups is 1. The second kappa shape index (κ2) is 6.54. The molecule has 6 heteroatoms. The van der Waals surface area contributed by atoms with E-state index in [1.54, 1.807) is 24.3 Å². The van der Waals surface area contributed by atoms with Crippen molar-refractivity contribution < 1.29 is 14.4 Å². The summed E-state index contributed by atoms with van der Waals surface area (Å²) in [5.74, 6) is -0.505. The van der Waals surface area contributed by atoms with E-state index in [0.717, 1.165) is 21.7 Å². The third-order valence-corrected chi connectivity index (χ3v) is 3.74. The highest BCUT2D eigenvalue weighted by Crippen LogP contribution is 2.14. The Bertz CT molecular complexity index is 801. The van der Waals surface area contributed by atoms with Gasteiger partial charge in [0.1, 0.15) is 0 Å². The summed E-state index contributed by atoms with van der Waals surface area (Å²) in [7, 11) is 0. The number of urea groups is 1. The van der Waals surface area contributed by atoms with Crippen molar-refractivity contribution in [2.24, 2.45) is 0 Å². The van der Waals surface area contributed by atoms with Gasteiger partial charge in [0.2, 0.25) is 5.91 Å². The van der Waals surface area contributed by atoms with Crippen molar-refractivity contribution in [1.82, 2.24) is 10.2 Å². The SMILES string of the molecule is Cc1cccc(NC(=O)c2cccc(CN3C(=O)CNC3=O)c2)c1. The normalized spacial score (nSPS) is 13.8. The van der Waals surface area contributed by atoms with E-state index in [2.05, 4.69) is 10.6 Å². The number of hydrogen-bond acceptors (Lipinski definition) is 3. The second-order valence-corrected chi connectivity index (χ2v) is 5.66. The lowest BCUT2D eigenvalue weighted by Gasteiger charge is -2.13. The number of amides is 4. The van der Waals surface area contributed by atoms with E-state index in [4.69, 9.17) is 0 Å². The van der Waals surface area contributed by atoms with Gasteiger partial charge in [-0.05, 0) is 42.3 Å². The van der Waals surface area contributed by atoms with Crippen LogP contribution in [0.5, 0.6) is 0 Å². The van der Waals surface area contributed by atoms with Crippen molar-refractivity contribution in [3.8, 4) is 0 Å². The summed E-state index contributed by atoms with van der Waals surface area (Å²) in [6.07, 6.45) is 0. The molecule has 0 aromatic heterocycles. The molecule has 3 rings (SSSR count). The van der Waals surface area contributed by atoms with Gasteiger partial charge in [-0.15, -0.1) is 0 Å². The Morgan fingerprint density at radius 2 is 1.96 bits per heavy atom. The predicted octanol–water partition coefficient (Wildman–Crippen LogP) is 2.30. The highest BCUT2D eigenvalue weighted by atomic mass is 16.2. The second-order valence-electron chi connectivity index (χ2n) is 5.66. The van der Waals surface area contributed by atoms with Crippen LogP contribution in [0.1, 0.15) is 21.5 Å². The van der Waals surface area contributed by atoms with E-state index in [1.807, 2.05) is 31.2 Å². The fourth-order valence-corrected chi connectivity index (χ4v) is 2.53. The van der Waals surface area contributed by atoms with Crippen molar-refractivity contribution in [3.05, 3.63) is 65.2 Å². The summed E-state index contributed by atoms with van der Waals surface area (Å²) in [5.41, 5.74) is 2.97. The minimum Gasteiger partial charge on any atom is -0.329 e. The average molecular weight is 323 g/mol. The molecule has 4 amide bonds. The summed E-state index contributed by atoms with van der Waals surface area (Å²) in [4.78, 5) is 36.7. The summed E-state index contributed by atoms with van der Waals surface area (Å²) in [5, 5.41) is 5.31. The molecule has 2 N–H and O–H groups in total. The number of nitrogens with zero attached hydrogens (tertiary/aromatic N) is 1. The quantitative estimate of drug-likeness (QED) is 0.848. The molecular formula is C18H17N3O3. The summed E-state index contributed by atoms with van der Waals surface area (Å²) < 4.78 is 0. The van der Waals surface area contributed by atoms with Gasteiger partial charge in [-0.3, -0.25) is 14.5 Å². The number of rotatable bonds is 4. The molecule has 0 saturated carbocycles. The van der Waals surface area contributed by atoms with Crippen molar-refractivity contribution in [2.75, 3.05) is 11.9 Å². The van der Waals surface area contributed by atoms with Crippen LogP contribution in [0.2, 0.25) is 0 Å². The van der Waals surface area contributed by atoms with E-state index < -0.39 is 6.03 Å². The average Bonchev–Trinajstić information content (AvgIpc) is 2.87. The van der Waals surface area contributed by atoms with Gasteiger partial charge in [-0.1, -0.05) is 24.3 Å². The maximum absolute atomic E-state index is 12.4. The molecule has 6 nitrogen and oxygen atoms in total. The maximum Gasteiger partial charge on any atom is 0.324 e. The Morgan fingerprint density at radius 3 is 2.67 bits per heavy atom. The fourth-order valence-electron chi connectivity index (χ4n) is 2.53. The third-order valence-electron chi connectivity index (χ3n) is 3.74. The Morgan fingerprint density at radius 1 is 1.17 bits per heavy atom. The van der Waals surface area contributed by atoms with E-state index in [1.165, 1.54) is 0 Å². The van der Waals surface area contributed by atoms with Crippen molar-refractivity contribution in [2.45, 2.75) is 13.5 Å². The van der Waals surface area contributed by atoms with Crippen LogP contribution in [-0.4, -0.2) is 29.3 Å². The molecule has 122 valence electrons. The number of aryl methyl sites for hydroxylation is 1. The van der Waals surface area contributed by atoms with Gasteiger partial charge in [0.15, 0.2) is 0 Å². The lowest BCUT2D eigenvalue weighted by molar-refractivity contribution is -0.125. The molecular weight excluding hydrogens is 306 g/mol. The third kappa shape index (κ3) is 3.43. The standard InChI is InChI=1S/C18H17N3O3/c1-12-4-2-7-15(8-12)20-17(23)14-6-3-5-13(9-14)11-21-16(22)10-19-18(21)24/h2-9H,10-11H2,1H3,(H,19,24)(H,20,23). The Hall–Kier alpha value is -3.15. The van der Waals surface area contributed by atoms with Gasteiger partial charge in [0.05, 0.1) is 13.1 Å². The van der Waals surface area contributed by atoms with Crippen LogP contribution in [0.3, 0.4) is 0 Å². The van der Waals surface area contributed by atoms with Gasteiger partial charge in [-0.2, -0.15) is 0 Å². The number of anilines is 1. The first kappa shape index (κ1) is 15.7. The molecule has 1 aliphatic rings. The molecule has 1 aliphatic heterocycles. The molecule has 0 spiro atoms. The van der Waals surface area contributed by atoms with Crippen LogP contribution in [-0.2, 0) is 11.3 Å². The van der Waals surface area contributed by atoms with E-state index in [9.17, 15) is 14.4 Å². The number of nitrogens with one attached hydrogen (secondary N) is 2. The highest BCUT2D eigenvalue weighted by Gasteiger charge is 2.28. The zero-order valence-electron chi connectivity index (χ0n) is 13.2. The highest BCUT2D eigenvalue weighted by molar-refractivity contribution is 6.04. The molecule has 24 heavy (non-hydrogen) atoms. The first-order valence-corrected chi connectivity index (χ1v) is 7.58. The predicted molar refractivity (Wildman–Crippen MR) is 89.5 cm³/mol. The zero-order chi connectivity index (χ0) is 17.1. The lowest BCUT2D eigenvalue weighted by atomic mass is 10.1. The first-order valence-electron chi connectivity index (χ1n) is 7.58. The van der Waals surface area contributed by atoms with E-state index in [0.29, 0.717) is 5.56 Å². The van der Waals surface area contributed by atoms with Crippen molar-refractivity contribution in [1.29, 1.82) is 0 Å². The van der Waals surface area contributed by atoms with E-state index in [-0.39, 0.29) is 24.9 Å². The molecule has 0 atom stereocenters. The van der Waals surface area contributed by atoms with Crippen LogP contribution in [0.15, 0.2) is 48.5 Å². The minimum absolute atomic E-state index is 0.0202. The minimum atomic E-state index is -0.408. The lowest BCUT2D eigenvalue weighted by Crippen LogP contribution is -2.30. The molecule has 1 fully saturated rings. The number of carbonyl (C=O) groups is 3. The van der Waals surface area contributed by atoms with Gasteiger partial charge < -0.3 is 10.6 Å². The molecule has 2 aromatic carbocycles. The van der Waals surface area contributed by atoms with Crippen LogP contribution in [0.4, 0.5) is 10.5 Å². The Labute approximate surface area is 139 Å². The number of carbonyl (C=O) groups excluding carboxylic acids is 3. The molecule has 0 radical (unpaired) electrons. The molecule has 0 bridgehead atoms. The maximum atomic E-state index is 12.4. The summed E-state index contributed by atoms with van der Waals surface area (Å²) >= 11 is 0. The topological polar surface area (TPSA) is 78.5 Å². The van der Waals surface area contributed by atoms with Crippen LogP contribution in [0, 0.1) is 6.92 Å². The molecule has 2 aromatic rings. The molecule has 0 aliphatic carbocycles. The number of hydrogen-bond donors (Lipinski definition) is 2. The molecule has 1 heterocycles. The molecule has 0 unspecified atom stereocenters. The largest absolute Gasteiger partial charge is 0.329 e. The molecule has 1 saturated heterocycles. The zero-order valence-corrected chi connectivity index (χ0v) is 13.2. The van der Waals surface area contributed by atoms with Crippen LogP contribution in [0.25, 0.3) is 0 Å². The van der Waals surface area contributed by atoms with Crippen LogP contribution < -0.4 is 10.6 Å². The van der Waals surface area contributed by atoms with Crippen molar-refractivity contribution >= 4 is 23.5 Å².